The summed E-state index contributed by atoms with van der Waals surface area (Å²) in [5, 5.41) is 0. The van der Waals surface area contributed by atoms with E-state index < -0.39 is 6.04 Å². The molecule has 0 aliphatic rings. The second kappa shape index (κ2) is 6.37. The van der Waals surface area contributed by atoms with Crippen molar-refractivity contribution in [3.63, 3.8) is 0 Å². The van der Waals surface area contributed by atoms with Crippen LogP contribution in [0.3, 0.4) is 0 Å². The summed E-state index contributed by atoms with van der Waals surface area (Å²) >= 11 is 0. The minimum Gasteiger partial charge on any atom is -0.385 e. The smallest absolute Gasteiger partial charge is 0.243 e. The molecule has 0 fully saturated rings. The van der Waals surface area contributed by atoms with Gasteiger partial charge in [0.05, 0.1) is 6.04 Å². The van der Waals surface area contributed by atoms with Gasteiger partial charge >= 0.3 is 0 Å². The topological polar surface area (TPSA) is 55.6 Å². The van der Waals surface area contributed by atoms with Crippen LogP contribution in [0.15, 0.2) is 24.3 Å². The van der Waals surface area contributed by atoms with Gasteiger partial charge in [-0.15, -0.1) is 0 Å². The lowest BCUT2D eigenvalue weighted by atomic mass is 10.1. The molecule has 0 bridgehead atoms. The van der Waals surface area contributed by atoms with Gasteiger partial charge < -0.3 is 15.4 Å². The van der Waals surface area contributed by atoms with Crippen molar-refractivity contribution in [1.29, 1.82) is 0 Å². The zero-order chi connectivity index (χ0) is 12.8. The first-order valence-corrected chi connectivity index (χ1v) is 5.65. The number of para-hydroxylation sites is 1. The van der Waals surface area contributed by atoms with Gasteiger partial charge in [0.2, 0.25) is 5.91 Å². The summed E-state index contributed by atoms with van der Waals surface area (Å²) in [6, 6.07) is 7.23. The third-order valence-corrected chi connectivity index (χ3v) is 2.76. The Bertz CT molecular complexity index is 379. The van der Waals surface area contributed by atoms with Crippen LogP contribution in [0.25, 0.3) is 0 Å². The molecule has 4 heteroatoms. The molecule has 94 valence electrons. The van der Waals surface area contributed by atoms with Crippen molar-refractivity contribution in [3.05, 3.63) is 29.8 Å². The molecule has 0 heterocycles. The number of methoxy groups -OCH3 is 1. The number of aryl methyl sites for hydroxylation is 1. The maximum Gasteiger partial charge on any atom is 0.243 e. The minimum absolute atomic E-state index is 0.0867. The van der Waals surface area contributed by atoms with Crippen molar-refractivity contribution in [2.75, 3.05) is 25.7 Å². The van der Waals surface area contributed by atoms with Crippen molar-refractivity contribution in [2.45, 2.75) is 19.4 Å². The Morgan fingerprint density at radius 3 is 2.71 bits per heavy atom. The van der Waals surface area contributed by atoms with Gasteiger partial charge in [-0.2, -0.15) is 0 Å². The van der Waals surface area contributed by atoms with Crippen molar-refractivity contribution >= 4 is 11.6 Å². The molecule has 1 unspecified atom stereocenters. The van der Waals surface area contributed by atoms with E-state index in [-0.39, 0.29) is 5.91 Å². The van der Waals surface area contributed by atoms with E-state index in [0.29, 0.717) is 13.0 Å². The Labute approximate surface area is 102 Å². The molecule has 0 saturated heterocycles. The van der Waals surface area contributed by atoms with Gasteiger partial charge in [0, 0.05) is 26.5 Å². The molecule has 1 aromatic carbocycles. The molecule has 1 amide bonds. The molecule has 1 aromatic rings. The number of nitrogens with two attached hydrogens (primary N) is 1. The number of hydrogen-bond donors (Lipinski definition) is 1. The van der Waals surface area contributed by atoms with Crippen LogP contribution >= 0.6 is 0 Å². The number of benzene rings is 1. The van der Waals surface area contributed by atoms with E-state index in [1.54, 1.807) is 19.1 Å². The zero-order valence-corrected chi connectivity index (χ0v) is 10.6. The average Bonchev–Trinajstić information content (AvgIpc) is 2.34. The van der Waals surface area contributed by atoms with Crippen molar-refractivity contribution in [3.8, 4) is 0 Å². The first-order chi connectivity index (χ1) is 8.07. The lowest BCUT2D eigenvalue weighted by molar-refractivity contribution is -0.119. The van der Waals surface area contributed by atoms with Gasteiger partial charge in [0.15, 0.2) is 0 Å². The first-order valence-electron chi connectivity index (χ1n) is 5.65. The molecule has 1 atom stereocenters. The molecule has 0 saturated carbocycles. The molecule has 0 radical (unpaired) electrons. The molecule has 0 aliphatic heterocycles. The SMILES string of the molecule is COCCC(N)C(=O)N(C)c1ccccc1C. The zero-order valence-electron chi connectivity index (χ0n) is 10.6. The Hall–Kier alpha value is -1.39. The van der Waals surface area contributed by atoms with Crippen LogP contribution < -0.4 is 10.6 Å². The van der Waals surface area contributed by atoms with E-state index in [9.17, 15) is 4.79 Å². The Kier molecular flexibility index (Phi) is 5.12. The number of nitrogens with zero attached hydrogens (tertiary/aromatic N) is 1. The van der Waals surface area contributed by atoms with Gasteiger partial charge in [-0.25, -0.2) is 0 Å². The summed E-state index contributed by atoms with van der Waals surface area (Å²) in [6.07, 6.45) is 0.533. The summed E-state index contributed by atoms with van der Waals surface area (Å²) in [5.74, 6) is -0.0867. The van der Waals surface area contributed by atoms with Crippen LogP contribution in [-0.2, 0) is 9.53 Å². The number of carbonyl (C=O) groups is 1. The molecule has 2 N–H and O–H groups in total. The molecule has 1 rings (SSSR count). The first kappa shape index (κ1) is 13.7. The van der Waals surface area contributed by atoms with E-state index in [0.717, 1.165) is 11.3 Å². The van der Waals surface area contributed by atoms with Crippen LogP contribution in [0, 0.1) is 6.92 Å². The predicted molar refractivity (Wildman–Crippen MR) is 69.1 cm³/mol. The van der Waals surface area contributed by atoms with Crippen molar-refractivity contribution in [2.24, 2.45) is 5.73 Å². The summed E-state index contributed by atoms with van der Waals surface area (Å²) in [6.45, 7) is 2.47. The molecule has 0 aliphatic carbocycles. The highest BCUT2D eigenvalue weighted by Gasteiger charge is 2.19. The third kappa shape index (κ3) is 3.54. The lowest BCUT2D eigenvalue weighted by Crippen LogP contribution is -2.42. The van der Waals surface area contributed by atoms with Crippen molar-refractivity contribution < 1.29 is 9.53 Å². The molecule has 17 heavy (non-hydrogen) atoms. The van der Waals surface area contributed by atoms with Crippen LogP contribution in [0.5, 0.6) is 0 Å². The quantitative estimate of drug-likeness (QED) is 0.839. The summed E-state index contributed by atoms with van der Waals surface area (Å²) < 4.78 is 4.92. The van der Waals surface area contributed by atoms with Crippen LogP contribution in [0.4, 0.5) is 5.69 Å². The second-order valence-corrected chi connectivity index (χ2v) is 4.07. The highest BCUT2D eigenvalue weighted by molar-refractivity contribution is 5.97. The standard InChI is InChI=1S/C13H20N2O2/c1-10-6-4-5-7-12(10)15(2)13(16)11(14)8-9-17-3/h4-7,11H,8-9,14H2,1-3H3. The van der Waals surface area contributed by atoms with Gasteiger partial charge in [-0.05, 0) is 25.0 Å². The molecule has 0 spiro atoms. The summed E-state index contributed by atoms with van der Waals surface area (Å²) in [5.41, 5.74) is 7.77. The van der Waals surface area contributed by atoms with E-state index in [1.165, 1.54) is 0 Å². The van der Waals surface area contributed by atoms with E-state index in [1.807, 2.05) is 31.2 Å². The number of amides is 1. The van der Waals surface area contributed by atoms with E-state index in [2.05, 4.69) is 0 Å². The molecular weight excluding hydrogens is 216 g/mol. The highest BCUT2D eigenvalue weighted by Crippen LogP contribution is 2.18. The largest absolute Gasteiger partial charge is 0.385 e. The fourth-order valence-electron chi connectivity index (χ4n) is 1.68. The highest BCUT2D eigenvalue weighted by atomic mass is 16.5. The minimum atomic E-state index is -0.514. The van der Waals surface area contributed by atoms with Crippen LogP contribution in [0.1, 0.15) is 12.0 Å². The number of rotatable bonds is 5. The monoisotopic (exact) mass is 236 g/mol. The Morgan fingerprint density at radius 2 is 2.12 bits per heavy atom. The van der Waals surface area contributed by atoms with E-state index >= 15 is 0 Å². The number of anilines is 1. The number of ether oxygens (including phenoxy) is 1. The normalized spacial score (nSPS) is 12.2. The fourth-order valence-corrected chi connectivity index (χ4v) is 1.68. The molecule has 0 aromatic heterocycles. The number of likely N-dealkylation sites (N-methyl/N-ethyl adjacent to an activating group) is 1. The lowest BCUT2D eigenvalue weighted by Gasteiger charge is -2.22. The van der Waals surface area contributed by atoms with Gasteiger partial charge in [-0.1, -0.05) is 18.2 Å². The fraction of sp³-hybridized carbons (Fsp3) is 0.462. The third-order valence-electron chi connectivity index (χ3n) is 2.76. The van der Waals surface area contributed by atoms with Crippen LogP contribution in [-0.4, -0.2) is 32.7 Å². The Morgan fingerprint density at radius 1 is 1.47 bits per heavy atom. The summed E-state index contributed by atoms with van der Waals surface area (Å²) in [7, 11) is 3.35. The summed E-state index contributed by atoms with van der Waals surface area (Å²) in [4.78, 5) is 13.7. The number of hydrogen-bond acceptors (Lipinski definition) is 3. The van der Waals surface area contributed by atoms with Gasteiger partial charge in [-0.3, -0.25) is 4.79 Å². The molecular formula is C13H20N2O2. The molecule has 4 nitrogen and oxygen atoms in total. The number of carbonyl (C=O) groups excluding carboxylic acids is 1. The Balaban J connectivity index is 2.73. The second-order valence-electron chi connectivity index (χ2n) is 4.07. The van der Waals surface area contributed by atoms with E-state index in [4.69, 9.17) is 10.5 Å². The van der Waals surface area contributed by atoms with Crippen molar-refractivity contribution in [1.82, 2.24) is 0 Å². The maximum absolute atomic E-state index is 12.0. The van der Waals surface area contributed by atoms with Gasteiger partial charge in [0.1, 0.15) is 0 Å². The van der Waals surface area contributed by atoms with Crippen LogP contribution in [0.2, 0.25) is 0 Å². The average molecular weight is 236 g/mol. The van der Waals surface area contributed by atoms with Gasteiger partial charge in [0.25, 0.3) is 0 Å². The predicted octanol–water partition coefficient (Wildman–Crippen LogP) is 1.32. The maximum atomic E-state index is 12.0.